The zero-order valence-corrected chi connectivity index (χ0v) is 16.0. The van der Waals surface area contributed by atoms with Gasteiger partial charge in [-0.3, -0.25) is 20.3 Å². The van der Waals surface area contributed by atoms with E-state index >= 15 is 0 Å². The van der Waals surface area contributed by atoms with Crippen LogP contribution in [0.4, 0.5) is 14.9 Å². The maximum absolute atomic E-state index is 14.7. The van der Waals surface area contributed by atoms with Crippen LogP contribution in [-0.4, -0.2) is 54.3 Å². The molecule has 29 heavy (non-hydrogen) atoms. The third-order valence-corrected chi connectivity index (χ3v) is 4.51. The number of benzene rings is 2. The molecule has 2 aromatic carbocycles. The van der Waals surface area contributed by atoms with Crippen molar-refractivity contribution in [3.63, 3.8) is 0 Å². The molecule has 1 atom stereocenters. The van der Waals surface area contributed by atoms with Crippen LogP contribution in [0.15, 0.2) is 42.5 Å². The summed E-state index contributed by atoms with van der Waals surface area (Å²) in [7, 11) is 1.35. The molecule has 1 heterocycles. The highest BCUT2D eigenvalue weighted by Crippen LogP contribution is 2.29. The number of anilines is 1. The quantitative estimate of drug-likeness (QED) is 0.406. The van der Waals surface area contributed by atoms with Crippen molar-refractivity contribution in [3.05, 3.63) is 53.8 Å². The third kappa shape index (κ3) is 4.52. The normalized spacial score (nSPS) is 15.8. The van der Waals surface area contributed by atoms with Gasteiger partial charge in [-0.2, -0.15) is 0 Å². The molecule has 8 nitrogen and oxygen atoms in total. The van der Waals surface area contributed by atoms with E-state index in [4.69, 9.17) is 10.1 Å². The number of amides is 2. The van der Waals surface area contributed by atoms with Crippen LogP contribution in [0.25, 0.3) is 11.1 Å². The molecule has 0 bridgehead atoms. The maximum atomic E-state index is 14.7. The molecule has 0 radical (unpaired) electrons. The number of ether oxygens (including phenoxy) is 1. The molecule has 1 aliphatic heterocycles. The Hall–Kier alpha value is -3.46. The Kier molecular flexibility index (Phi) is 5.79. The minimum Gasteiger partial charge on any atom is -0.442 e. The zero-order valence-electron chi connectivity index (χ0n) is 16.0. The number of nitrogens with zero attached hydrogens (tertiary/aromatic N) is 2. The Balaban J connectivity index is 1.76. The van der Waals surface area contributed by atoms with E-state index in [0.29, 0.717) is 27.4 Å². The largest absolute Gasteiger partial charge is 0.442 e. The Bertz CT molecular complexity index is 946. The molecule has 152 valence electrons. The predicted molar refractivity (Wildman–Crippen MR) is 105 cm³/mol. The van der Waals surface area contributed by atoms with Crippen molar-refractivity contribution in [2.75, 3.05) is 25.0 Å². The molecule has 2 aromatic rings. The molecule has 1 saturated heterocycles. The van der Waals surface area contributed by atoms with Crippen molar-refractivity contribution in [1.82, 2.24) is 10.4 Å². The maximum Gasteiger partial charge on any atom is 0.414 e. The minimum atomic E-state index is -0.594. The van der Waals surface area contributed by atoms with Crippen LogP contribution in [0.3, 0.4) is 0 Å². The molecular formula is C20H21FN4O4. The van der Waals surface area contributed by atoms with Crippen molar-refractivity contribution in [2.24, 2.45) is 0 Å². The van der Waals surface area contributed by atoms with Gasteiger partial charge in [-0.05, 0) is 23.8 Å². The SMILES string of the molecule is CC(=O)NC[C@H]1CN(c2ccc(-c3ccc(C(=N)N(C)O)cc3)c(F)c2)C(=O)O1. The first kappa shape index (κ1) is 20.3. The van der Waals surface area contributed by atoms with Gasteiger partial charge in [0.1, 0.15) is 11.9 Å². The summed E-state index contributed by atoms with van der Waals surface area (Å²) in [5.41, 5.74) is 1.79. The summed E-state index contributed by atoms with van der Waals surface area (Å²) in [5.74, 6) is -0.807. The van der Waals surface area contributed by atoms with Gasteiger partial charge in [-0.25, -0.2) is 14.2 Å². The number of hydrogen-bond acceptors (Lipinski definition) is 5. The molecular weight excluding hydrogens is 379 g/mol. The summed E-state index contributed by atoms with van der Waals surface area (Å²) in [6, 6.07) is 11.0. The number of hydrogen-bond donors (Lipinski definition) is 3. The van der Waals surface area contributed by atoms with Crippen LogP contribution >= 0.6 is 0 Å². The van der Waals surface area contributed by atoms with Gasteiger partial charge in [0.15, 0.2) is 5.84 Å². The van der Waals surface area contributed by atoms with E-state index in [1.807, 2.05) is 0 Å². The fraction of sp³-hybridized carbons (Fsp3) is 0.250. The molecule has 0 aliphatic carbocycles. The van der Waals surface area contributed by atoms with Crippen LogP contribution in [-0.2, 0) is 9.53 Å². The van der Waals surface area contributed by atoms with Gasteiger partial charge in [0.2, 0.25) is 5.91 Å². The van der Waals surface area contributed by atoms with E-state index in [2.05, 4.69) is 5.32 Å². The van der Waals surface area contributed by atoms with Crippen LogP contribution in [0.1, 0.15) is 12.5 Å². The van der Waals surface area contributed by atoms with Gasteiger partial charge in [0.05, 0.1) is 18.8 Å². The summed E-state index contributed by atoms with van der Waals surface area (Å²) in [6.45, 7) is 1.78. The average Bonchev–Trinajstić information content (AvgIpc) is 3.06. The van der Waals surface area contributed by atoms with Crippen molar-refractivity contribution in [1.29, 1.82) is 5.41 Å². The van der Waals surface area contributed by atoms with Crippen LogP contribution in [0.2, 0.25) is 0 Å². The minimum absolute atomic E-state index is 0.0752. The highest BCUT2D eigenvalue weighted by molar-refractivity contribution is 5.96. The van der Waals surface area contributed by atoms with Gasteiger partial charge in [0, 0.05) is 25.1 Å². The monoisotopic (exact) mass is 400 g/mol. The molecule has 9 heteroatoms. The fourth-order valence-corrected chi connectivity index (χ4v) is 3.00. The molecule has 2 amide bonds. The highest BCUT2D eigenvalue weighted by Gasteiger charge is 2.32. The number of carbonyl (C=O) groups excluding carboxylic acids is 2. The van der Waals surface area contributed by atoms with Crippen molar-refractivity contribution < 1.29 is 23.9 Å². The standard InChI is InChI=1S/C20H21FN4O4/c1-12(26)23-10-16-11-25(20(27)29-16)15-7-8-17(18(21)9-15)13-3-5-14(6-4-13)19(22)24(2)28/h3-9,16,22,28H,10-11H2,1-2H3,(H,23,26)/t16-/m0/s1. The number of nitrogens with one attached hydrogen (secondary N) is 2. The predicted octanol–water partition coefficient (Wildman–Crippen LogP) is 2.60. The van der Waals surface area contributed by atoms with E-state index in [1.54, 1.807) is 36.4 Å². The number of carbonyl (C=O) groups is 2. The van der Waals surface area contributed by atoms with Gasteiger partial charge in [-0.15, -0.1) is 0 Å². The Labute approximate surface area is 167 Å². The first-order valence-electron chi connectivity index (χ1n) is 8.90. The van der Waals surface area contributed by atoms with Gasteiger partial charge in [-0.1, -0.05) is 24.3 Å². The van der Waals surface area contributed by atoms with E-state index in [0.717, 1.165) is 0 Å². The lowest BCUT2D eigenvalue weighted by atomic mass is 10.0. The number of hydroxylamine groups is 2. The summed E-state index contributed by atoms with van der Waals surface area (Å²) < 4.78 is 19.9. The molecule has 3 rings (SSSR count). The highest BCUT2D eigenvalue weighted by atomic mass is 19.1. The smallest absolute Gasteiger partial charge is 0.414 e. The first-order valence-corrected chi connectivity index (χ1v) is 8.90. The Morgan fingerprint density at radius 1 is 1.34 bits per heavy atom. The first-order chi connectivity index (χ1) is 13.8. The lowest BCUT2D eigenvalue weighted by Crippen LogP contribution is -2.33. The third-order valence-electron chi connectivity index (χ3n) is 4.51. The van der Waals surface area contributed by atoms with E-state index in [-0.39, 0.29) is 24.8 Å². The van der Waals surface area contributed by atoms with E-state index in [9.17, 15) is 19.2 Å². The topological polar surface area (TPSA) is 106 Å². The molecule has 0 unspecified atom stereocenters. The van der Waals surface area contributed by atoms with Crippen molar-refractivity contribution >= 4 is 23.5 Å². The summed E-state index contributed by atoms with van der Waals surface area (Å²) >= 11 is 0. The molecule has 0 spiro atoms. The average molecular weight is 400 g/mol. The van der Waals surface area contributed by atoms with Crippen molar-refractivity contribution in [3.8, 4) is 11.1 Å². The number of rotatable bonds is 5. The lowest BCUT2D eigenvalue weighted by molar-refractivity contribution is -0.119. The summed E-state index contributed by atoms with van der Waals surface area (Å²) in [4.78, 5) is 24.4. The molecule has 0 saturated carbocycles. The van der Waals surface area contributed by atoms with Gasteiger partial charge >= 0.3 is 6.09 Å². The Morgan fingerprint density at radius 3 is 2.62 bits per heavy atom. The number of cyclic esters (lactones) is 1. The second-order valence-electron chi connectivity index (χ2n) is 6.67. The molecule has 1 aliphatic rings. The number of amidine groups is 1. The lowest BCUT2D eigenvalue weighted by Gasteiger charge is -2.15. The van der Waals surface area contributed by atoms with E-state index < -0.39 is 18.0 Å². The molecule has 1 fully saturated rings. The fourth-order valence-electron chi connectivity index (χ4n) is 3.00. The Morgan fingerprint density at radius 2 is 2.03 bits per heavy atom. The van der Waals surface area contributed by atoms with Gasteiger partial charge in [0.25, 0.3) is 0 Å². The van der Waals surface area contributed by atoms with Crippen LogP contribution in [0, 0.1) is 11.2 Å². The zero-order chi connectivity index (χ0) is 21.1. The van der Waals surface area contributed by atoms with Crippen LogP contribution in [0.5, 0.6) is 0 Å². The second kappa shape index (κ2) is 8.27. The number of halogens is 1. The van der Waals surface area contributed by atoms with Gasteiger partial charge < -0.3 is 10.1 Å². The second-order valence-corrected chi connectivity index (χ2v) is 6.67. The molecule has 3 N–H and O–H groups in total. The van der Waals surface area contributed by atoms with E-state index in [1.165, 1.54) is 24.9 Å². The van der Waals surface area contributed by atoms with Crippen LogP contribution < -0.4 is 10.2 Å². The van der Waals surface area contributed by atoms with Crippen molar-refractivity contribution in [2.45, 2.75) is 13.0 Å². The molecule has 0 aromatic heterocycles. The summed E-state index contributed by atoms with van der Waals surface area (Å²) in [5, 5.41) is 20.4. The summed E-state index contributed by atoms with van der Waals surface area (Å²) in [6.07, 6.45) is -1.09.